The molecule has 0 heterocycles. The molecule has 0 radical (unpaired) electrons. The second-order valence-corrected chi connectivity index (χ2v) is 77.6. The van der Waals surface area contributed by atoms with Crippen LogP contribution in [0.15, 0.2) is 24.3 Å². The summed E-state index contributed by atoms with van der Waals surface area (Å²) in [5.41, 5.74) is 0.648. The molecule has 0 aliphatic rings. The van der Waals surface area contributed by atoms with Gasteiger partial charge in [-0.25, -0.2) is 18.7 Å². The predicted octanol–water partition coefficient (Wildman–Crippen LogP) is 12.0. The molecule has 528 valence electrons. The Bertz CT molecular complexity index is 2230. The fourth-order valence-electron chi connectivity index (χ4n) is 10.4. The first-order chi connectivity index (χ1) is 39.3. The molecule has 0 aliphatic heterocycles. The van der Waals surface area contributed by atoms with Gasteiger partial charge in [0.2, 0.25) is 0 Å². The van der Waals surface area contributed by atoms with Gasteiger partial charge in [0.1, 0.15) is 52.6 Å². The van der Waals surface area contributed by atoms with Gasteiger partial charge in [-0.1, -0.05) is 13.2 Å². The van der Waals surface area contributed by atoms with E-state index in [4.69, 9.17) is 72.8 Å². The third-order valence-electron chi connectivity index (χ3n) is 12.3. The lowest BCUT2D eigenvalue weighted by Crippen LogP contribution is -2.62. The molecule has 0 bridgehead atoms. The van der Waals surface area contributed by atoms with Crippen LogP contribution in [0.5, 0.6) is 0 Å². The summed E-state index contributed by atoms with van der Waals surface area (Å²) in [4.78, 5) is 44.1. The van der Waals surface area contributed by atoms with E-state index in [9.17, 15) is 28.5 Å². The Kier molecular flexibility index (Phi) is 35.3. The highest BCUT2D eigenvalue weighted by Gasteiger charge is 2.52. The second-order valence-electron chi connectivity index (χ2n) is 29.7. The van der Waals surface area contributed by atoms with E-state index in [0.717, 1.165) is 0 Å². The minimum atomic E-state index is -4.29. The average Bonchev–Trinajstić information content (AvgIpc) is 3.40. The van der Waals surface area contributed by atoms with E-state index in [1.54, 1.807) is 13.8 Å². The minimum Gasteiger partial charge on any atom is -0.456 e. The summed E-state index contributed by atoms with van der Waals surface area (Å²) < 4.78 is 133. The molecule has 2 atom stereocenters. The van der Waals surface area contributed by atoms with Gasteiger partial charge in [0.25, 0.3) is 0 Å². The Morgan fingerprint density at radius 3 is 0.719 bits per heavy atom. The van der Waals surface area contributed by atoms with E-state index in [1.165, 1.54) is 0 Å². The Morgan fingerprint density at radius 1 is 0.337 bits per heavy atom. The number of likely N-dealkylation sites (N-methyl/N-ethyl adjacent to an activating group) is 2. The zero-order chi connectivity index (χ0) is 70.2. The SMILES string of the molecule is C=C(C)C(=O)OCC[N+](C)(C)CCOP(=O)(O)OCCC[Si](C)(C)O[Si](C)(C)O[Si](C)(C)O[Si](C)(C)O[Si](C)(C)O[Si](C)(C)O[Si](C)(C)O[Si](C)(C)O[Si](C)(C)O[Si](C)(C)O[Si](C)(C)O[Si](C)(C)CCCOP(=O)(O)OCC[N+](C)(C)CCOC(=O)C(=C)C. The van der Waals surface area contributed by atoms with Crippen molar-refractivity contribution in [3.8, 4) is 0 Å². The Balaban J connectivity index is 5.36. The lowest BCUT2D eigenvalue weighted by atomic mass is 10.4. The monoisotopic (exact) mass is 1520 g/mol. The van der Waals surface area contributed by atoms with Gasteiger partial charge in [-0.3, -0.25) is 18.1 Å². The van der Waals surface area contributed by atoms with Gasteiger partial charge < -0.3 is 73.5 Å². The molecule has 0 aliphatic carbocycles. The number of carbonyl (C=O) groups is 2. The summed E-state index contributed by atoms with van der Waals surface area (Å²) in [6.45, 7) is 61.1. The summed E-state index contributed by atoms with van der Waals surface area (Å²) in [6, 6.07) is 1.32. The molecule has 0 aromatic heterocycles. The van der Waals surface area contributed by atoms with Crippen LogP contribution >= 0.6 is 15.6 Å². The third-order valence-corrected chi connectivity index (χ3v) is 61.2. The average molecular weight is 1520 g/mol. The molecule has 89 heavy (non-hydrogen) atoms. The highest BCUT2D eigenvalue weighted by atomic mass is 31.2. The zero-order valence-electron chi connectivity index (χ0n) is 60.6. The predicted molar refractivity (Wildman–Crippen MR) is 379 cm³/mol. The van der Waals surface area contributed by atoms with Crippen molar-refractivity contribution in [2.24, 2.45) is 0 Å². The van der Waals surface area contributed by atoms with E-state index in [-0.39, 0.29) is 39.6 Å². The second kappa shape index (κ2) is 35.0. The summed E-state index contributed by atoms with van der Waals surface area (Å²) in [5, 5.41) is 0. The van der Waals surface area contributed by atoms with E-state index >= 15 is 0 Å². The van der Waals surface area contributed by atoms with Crippen LogP contribution in [-0.2, 0) is 91.6 Å². The van der Waals surface area contributed by atoms with Crippen LogP contribution in [0.25, 0.3) is 0 Å². The van der Waals surface area contributed by atoms with Crippen molar-refractivity contribution in [1.29, 1.82) is 0 Å². The highest BCUT2D eigenvalue weighted by molar-refractivity contribution is 7.47. The summed E-state index contributed by atoms with van der Waals surface area (Å²) >= 11 is 0. The number of quaternary nitrogens is 2. The van der Waals surface area contributed by atoms with E-state index in [0.29, 0.717) is 71.2 Å². The van der Waals surface area contributed by atoms with Crippen molar-refractivity contribution in [3.63, 3.8) is 0 Å². The molecule has 0 spiro atoms. The molecular formula is C50H124N2O23P2Si12+2. The number of esters is 2. The number of rotatable bonds is 48. The quantitative estimate of drug-likeness (QED) is 0.0143. The normalized spacial score (nSPS) is 15.8. The molecule has 39 heteroatoms. The van der Waals surface area contributed by atoms with Gasteiger partial charge in [0.15, 0.2) is 16.6 Å². The minimum absolute atomic E-state index is 0.0171. The number of nitrogens with zero attached hydrogens (tertiary/aromatic N) is 2. The Morgan fingerprint density at radius 2 is 0.517 bits per heavy atom. The molecule has 0 saturated carbocycles. The first-order valence-electron chi connectivity index (χ1n) is 30.5. The van der Waals surface area contributed by atoms with Gasteiger partial charge >= 0.3 is 113 Å². The first kappa shape index (κ1) is 89.7. The van der Waals surface area contributed by atoms with Crippen molar-refractivity contribution in [3.05, 3.63) is 24.3 Å². The molecule has 0 fully saturated rings. The standard InChI is InChI=1S/C50H122N2O23P2Si12/c1-47(2)49(53)59-41-35-51(5,6)37-43-63-76(55,56)61-39-33-45-78(9,10)65-80(13,14)67-82(17,18)69-84(21,22)71-86(25,26)73-88(29,30)75-89(31,32)74-87(27,28)72-85(23,24)70-83(19,20)68-81(15,16)66-79(11,12)46-34-40-62-77(57,58)64-44-38-52(7,8)36-42-60-50(54)48(3)4/h1,3,33-46H2,2,4-32H3/p+2. The number of phosphoric acid groups is 2. The topological polar surface area (TPSA) is 266 Å². The van der Waals surface area contributed by atoms with Crippen LogP contribution in [0.4, 0.5) is 0 Å². The van der Waals surface area contributed by atoms with Crippen molar-refractivity contribution in [2.45, 2.75) is 196 Å². The van der Waals surface area contributed by atoms with E-state index < -0.39 is 130 Å². The van der Waals surface area contributed by atoms with Crippen molar-refractivity contribution in [1.82, 2.24) is 0 Å². The van der Waals surface area contributed by atoms with Crippen LogP contribution in [0.3, 0.4) is 0 Å². The molecule has 0 aromatic carbocycles. The number of ether oxygens (including phenoxy) is 2. The summed E-state index contributed by atoms with van der Waals surface area (Å²) in [5.74, 6) is -0.911. The smallest absolute Gasteiger partial charge is 0.456 e. The molecule has 2 unspecified atom stereocenters. The Hall–Kier alpha value is 0.723. The molecule has 0 saturated heterocycles. The van der Waals surface area contributed by atoms with Gasteiger partial charge in [0.05, 0.1) is 41.4 Å². The fraction of sp³-hybridized carbons (Fsp3) is 0.880. The van der Waals surface area contributed by atoms with Crippen LogP contribution in [0.2, 0.25) is 169 Å². The number of hydrogen-bond donors (Lipinski definition) is 2. The van der Waals surface area contributed by atoms with Crippen LogP contribution in [-0.4, -0.2) is 227 Å². The largest absolute Gasteiger partial charge is 0.472 e. The van der Waals surface area contributed by atoms with Crippen molar-refractivity contribution < 1.29 is 110 Å². The highest BCUT2D eigenvalue weighted by Crippen LogP contribution is 2.44. The molecular weight excluding hydrogens is 1400 g/mol. The van der Waals surface area contributed by atoms with Gasteiger partial charge in [-0.15, -0.1) is 0 Å². The number of hydrogen-bond acceptors (Lipinski definition) is 21. The maximum Gasteiger partial charge on any atom is 0.472 e. The van der Waals surface area contributed by atoms with E-state index in [1.807, 2.05) is 159 Å². The molecule has 0 aromatic rings. The summed E-state index contributed by atoms with van der Waals surface area (Å²) in [6.07, 6.45) is 0.987. The van der Waals surface area contributed by atoms with Crippen LogP contribution in [0.1, 0.15) is 26.7 Å². The van der Waals surface area contributed by atoms with E-state index in [2.05, 4.69) is 39.3 Å². The first-order valence-corrected chi connectivity index (χ1v) is 67.9. The van der Waals surface area contributed by atoms with Crippen LogP contribution in [0, 0.1) is 0 Å². The van der Waals surface area contributed by atoms with Gasteiger partial charge in [0, 0.05) is 11.1 Å². The van der Waals surface area contributed by atoms with Gasteiger partial charge in [-0.05, 0) is 196 Å². The number of phosphoric ester groups is 2. The molecule has 25 nitrogen and oxygen atoms in total. The van der Waals surface area contributed by atoms with Crippen molar-refractivity contribution in [2.75, 3.05) is 94.0 Å². The van der Waals surface area contributed by atoms with Crippen molar-refractivity contribution >= 4 is 130 Å². The maximum absolute atomic E-state index is 12.7. The maximum atomic E-state index is 12.7. The summed E-state index contributed by atoms with van der Waals surface area (Å²) in [7, 11) is -34.2. The van der Waals surface area contributed by atoms with Gasteiger partial charge in [-0.2, -0.15) is 0 Å². The molecule has 2 N–H and O–H groups in total. The lowest BCUT2D eigenvalue weighted by Gasteiger charge is -2.45. The molecule has 0 rings (SSSR count). The third kappa shape index (κ3) is 44.3. The van der Waals surface area contributed by atoms with Crippen LogP contribution < -0.4 is 0 Å². The lowest BCUT2D eigenvalue weighted by molar-refractivity contribution is -0.890. The zero-order valence-corrected chi connectivity index (χ0v) is 74.4. The fourth-order valence-corrected chi connectivity index (χ4v) is 73.4. The Labute approximate surface area is 550 Å². The number of carbonyl (C=O) groups excluding carboxylic acids is 2. The molecule has 0 amide bonds.